The molecule has 18 heavy (non-hydrogen) atoms. The first-order valence-electron chi connectivity index (χ1n) is 5.69. The minimum absolute atomic E-state index is 0.0202. The van der Waals surface area contributed by atoms with Crippen LogP contribution in [0.15, 0.2) is 22.7 Å². The topological polar surface area (TPSA) is 63.4 Å². The number of nitrogens with zero attached hydrogens (tertiary/aromatic N) is 2. The maximum Gasteiger partial charge on any atom is 0.273 e. The number of nitro groups is 1. The van der Waals surface area contributed by atoms with Crippen LogP contribution in [0.1, 0.15) is 24.3 Å². The Bertz CT molecular complexity index is 504. The largest absolute Gasteiger partial charge is 0.345 e. The van der Waals surface area contributed by atoms with Gasteiger partial charge in [0.05, 0.1) is 10.8 Å². The molecule has 1 aliphatic heterocycles. The fourth-order valence-electron chi connectivity index (χ4n) is 2.29. The number of benzene rings is 1. The van der Waals surface area contributed by atoms with E-state index in [0.29, 0.717) is 12.0 Å². The minimum Gasteiger partial charge on any atom is -0.345 e. The number of carbonyl (C=O) groups excluding carboxylic acids is 1. The van der Waals surface area contributed by atoms with Crippen LogP contribution >= 0.6 is 15.9 Å². The van der Waals surface area contributed by atoms with Crippen molar-refractivity contribution in [1.29, 1.82) is 0 Å². The number of likely N-dealkylation sites (N-methyl/N-ethyl adjacent to an activating group) is 1. The molecule has 1 aromatic rings. The molecule has 2 rings (SSSR count). The van der Waals surface area contributed by atoms with Crippen LogP contribution < -0.4 is 0 Å². The van der Waals surface area contributed by atoms with Crippen molar-refractivity contribution in [3.8, 4) is 0 Å². The fraction of sp³-hybridized carbons (Fsp3) is 0.417. The average molecular weight is 313 g/mol. The van der Waals surface area contributed by atoms with Crippen molar-refractivity contribution < 1.29 is 9.72 Å². The van der Waals surface area contributed by atoms with Crippen LogP contribution in [0.4, 0.5) is 5.69 Å². The summed E-state index contributed by atoms with van der Waals surface area (Å²) < 4.78 is 0.754. The summed E-state index contributed by atoms with van der Waals surface area (Å²) >= 11 is 3.30. The van der Waals surface area contributed by atoms with Gasteiger partial charge in [-0.25, -0.2) is 0 Å². The lowest BCUT2D eigenvalue weighted by Gasteiger charge is -2.29. The summed E-state index contributed by atoms with van der Waals surface area (Å²) in [7, 11) is 1.73. The molecule has 0 radical (unpaired) electrons. The van der Waals surface area contributed by atoms with Gasteiger partial charge in [0.25, 0.3) is 5.69 Å². The quantitative estimate of drug-likeness (QED) is 0.623. The van der Waals surface area contributed by atoms with Crippen LogP contribution in [0.3, 0.4) is 0 Å². The first kappa shape index (κ1) is 13.0. The molecule has 1 aliphatic rings. The van der Waals surface area contributed by atoms with E-state index in [-0.39, 0.29) is 11.6 Å². The molecule has 0 bridgehead atoms. The molecule has 1 unspecified atom stereocenters. The standard InChI is InChI=1S/C12H13BrN2O3/c1-14-6-2-3-9(12(14)16)10-7-8(13)4-5-11(10)15(17)18/h4-5,7,9H,2-3,6H2,1H3. The van der Waals surface area contributed by atoms with Gasteiger partial charge in [0, 0.05) is 29.7 Å². The van der Waals surface area contributed by atoms with Crippen LogP contribution in [0.2, 0.25) is 0 Å². The fourth-order valence-corrected chi connectivity index (χ4v) is 2.67. The lowest BCUT2D eigenvalue weighted by molar-refractivity contribution is -0.385. The summed E-state index contributed by atoms with van der Waals surface area (Å²) in [4.78, 5) is 24.3. The number of piperidine rings is 1. The number of hydrogen-bond donors (Lipinski definition) is 0. The second-order valence-electron chi connectivity index (χ2n) is 4.41. The Labute approximate surface area is 113 Å². The first-order valence-corrected chi connectivity index (χ1v) is 6.49. The highest BCUT2D eigenvalue weighted by molar-refractivity contribution is 9.10. The van der Waals surface area contributed by atoms with E-state index in [9.17, 15) is 14.9 Å². The summed E-state index contributed by atoms with van der Waals surface area (Å²) in [5.41, 5.74) is 0.526. The highest BCUT2D eigenvalue weighted by Crippen LogP contribution is 2.35. The highest BCUT2D eigenvalue weighted by atomic mass is 79.9. The monoisotopic (exact) mass is 312 g/mol. The lowest BCUT2D eigenvalue weighted by Crippen LogP contribution is -2.37. The van der Waals surface area contributed by atoms with E-state index < -0.39 is 10.8 Å². The van der Waals surface area contributed by atoms with Gasteiger partial charge in [0.15, 0.2) is 0 Å². The Hall–Kier alpha value is -1.43. The first-order chi connectivity index (χ1) is 8.50. The second kappa shape index (κ2) is 5.06. The van der Waals surface area contributed by atoms with Crippen LogP contribution in [-0.2, 0) is 4.79 Å². The summed E-state index contributed by atoms with van der Waals surface area (Å²) in [5.74, 6) is -0.441. The molecule has 5 nitrogen and oxygen atoms in total. The molecule has 1 aromatic carbocycles. The van der Waals surface area contributed by atoms with E-state index >= 15 is 0 Å². The molecule has 0 saturated carbocycles. The summed E-state index contributed by atoms with van der Waals surface area (Å²) in [5, 5.41) is 11.0. The van der Waals surface area contributed by atoms with Crippen molar-refractivity contribution in [3.63, 3.8) is 0 Å². The number of likely N-dealkylation sites (tertiary alicyclic amines) is 1. The Balaban J connectivity index is 2.45. The SMILES string of the molecule is CN1CCCC(c2cc(Br)ccc2[N+](=O)[O-])C1=O. The third-order valence-electron chi connectivity index (χ3n) is 3.22. The predicted octanol–water partition coefficient (Wildman–Crippen LogP) is 2.69. The average Bonchev–Trinajstić information content (AvgIpc) is 2.32. The molecule has 1 heterocycles. The Kier molecular flexibility index (Phi) is 3.65. The maximum absolute atomic E-state index is 12.1. The van der Waals surface area contributed by atoms with Gasteiger partial charge in [0.1, 0.15) is 0 Å². The smallest absolute Gasteiger partial charge is 0.273 e. The van der Waals surface area contributed by atoms with Gasteiger partial charge < -0.3 is 4.90 Å². The number of rotatable bonds is 2. The van der Waals surface area contributed by atoms with Gasteiger partial charge in [-0.3, -0.25) is 14.9 Å². The van der Waals surface area contributed by atoms with E-state index in [4.69, 9.17) is 0 Å². The van der Waals surface area contributed by atoms with Crippen molar-refractivity contribution in [2.45, 2.75) is 18.8 Å². The number of carbonyl (C=O) groups is 1. The molecule has 96 valence electrons. The molecule has 0 N–H and O–H groups in total. The van der Waals surface area contributed by atoms with Crippen molar-refractivity contribution in [1.82, 2.24) is 4.90 Å². The molecule has 1 saturated heterocycles. The van der Waals surface area contributed by atoms with Crippen LogP contribution in [-0.4, -0.2) is 29.3 Å². The molecular weight excluding hydrogens is 300 g/mol. The van der Waals surface area contributed by atoms with E-state index in [1.807, 2.05) is 0 Å². The van der Waals surface area contributed by atoms with Gasteiger partial charge in [-0.1, -0.05) is 15.9 Å². The van der Waals surface area contributed by atoms with Gasteiger partial charge in [0.2, 0.25) is 5.91 Å². The summed E-state index contributed by atoms with van der Waals surface area (Å²) in [6.45, 7) is 0.719. The molecule has 6 heteroatoms. The third kappa shape index (κ3) is 2.38. The Morgan fingerprint density at radius 1 is 1.50 bits per heavy atom. The van der Waals surface area contributed by atoms with Gasteiger partial charge in [-0.05, 0) is 25.0 Å². The van der Waals surface area contributed by atoms with Gasteiger partial charge in [-0.2, -0.15) is 0 Å². The highest BCUT2D eigenvalue weighted by Gasteiger charge is 2.32. The molecule has 0 aromatic heterocycles. The van der Waals surface area contributed by atoms with Crippen molar-refractivity contribution in [3.05, 3.63) is 38.3 Å². The van der Waals surface area contributed by atoms with Gasteiger partial charge >= 0.3 is 0 Å². The molecule has 1 amide bonds. The van der Waals surface area contributed by atoms with Crippen molar-refractivity contribution in [2.24, 2.45) is 0 Å². The van der Waals surface area contributed by atoms with Crippen LogP contribution in [0.25, 0.3) is 0 Å². The van der Waals surface area contributed by atoms with E-state index in [1.54, 1.807) is 24.1 Å². The lowest BCUT2D eigenvalue weighted by atomic mass is 9.89. The summed E-state index contributed by atoms with van der Waals surface area (Å²) in [6.07, 6.45) is 1.54. The number of amides is 1. The third-order valence-corrected chi connectivity index (χ3v) is 3.72. The van der Waals surface area contributed by atoms with Crippen molar-refractivity contribution >= 4 is 27.5 Å². The zero-order chi connectivity index (χ0) is 13.3. The second-order valence-corrected chi connectivity index (χ2v) is 5.33. The maximum atomic E-state index is 12.1. The van der Waals surface area contributed by atoms with Crippen LogP contribution in [0.5, 0.6) is 0 Å². The number of hydrogen-bond acceptors (Lipinski definition) is 3. The molecule has 1 atom stereocenters. The van der Waals surface area contributed by atoms with Gasteiger partial charge in [-0.15, -0.1) is 0 Å². The van der Waals surface area contributed by atoms with Crippen LogP contribution in [0, 0.1) is 10.1 Å². The van der Waals surface area contributed by atoms with E-state index in [0.717, 1.165) is 17.4 Å². The molecule has 0 spiro atoms. The molecule has 1 fully saturated rings. The molecular formula is C12H13BrN2O3. The minimum atomic E-state index is -0.427. The molecule has 0 aliphatic carbocycles. The Morgan fingerprint density at radius 3 is 2.89 bits per heavy atom. The zero-order valence-electron chi connectivity index (χ0n) is 9.93. The predicted molar refractivity (Wildman–Crippen MR) is 70.4 cm³/mol. The van der Waals surface area contributed by atoms with Crippen molar-refractivity contribution in [2.75, 3.05) is 13.6 Å². The zero-order valence-corrected chi connectivity index (χ0v) is 11.5. The van der Waals surface area contributed by atoms with E-state index in [1.165, 1.54) is 6.07 Å². The number of nitro benzene ring substituents is 1. The normalized spacial score (nSPS) is 20.0. The Morgan fingerprint density at radius 2 is 2.22 bits per heavy atom. The summed E-state index contributed by atoms with van der Waals surface area (Å²) in [6, 6.07) is 4.75. The number of halogens is 1. The van der Waals surface area contributed by atoms with E-state index in [2.05, 4.69) is 15.9 Å².